The number of hydrogen-bond donors (Lipinski definition) is 2. The Morgan fingerprint density at radius 2 is 2.15 bits per heavy atom. The van der Waals surface area contributed by atoms with Crippen molar-refractivity contribution in [3.8, 4) is 0 Å². The molecule has 2 aromatic carbocycles. The fourth-order valence-electron chi connectivity index (χ4n) is 3.59. The predicted octanol–water partition coefficient (Wildman–Crippen LogP) is 3.15. The minimum absolute atomic E-state index is 0.0157. The first-order valence-electron chi connectivity index (χ1n) is 8.72. The topological polar surface area (TPSA) is 61.4 Å². The van der Waals surface area contributed by atoms with Crippen molar-refractivity contribution in [2.45, 2.75) is 30.2 Å². The van der Waals surface area contributed by atoms with Crippen molar-refractivity contribution in [2.75, 3.05) is 18.4 Å². The number of carbonyl (C=O) groups is 2. The van der Waals surface area contributed by atoms with Crippen LogP contribution in [0.25, 0.3) is 10.8 Å². The summed E-state index contributed by atoms with van der Waals surface area (Å²) in [5.74, 6) is -0.457. The van der Waals surface area contributed by atoms with Gasteiger partial charge in [0.1, 0.15) is 5.82 Å². The number of likely N-dealkylation sites (tertiary alicyclic amines) is 1. The van der Waals surface area contributed by atoms with Gasteiger partial charge in [-0.05, 0) is 41.8 Å². The zero-order valence-electron chi connectivity index (χ0n) is 14.4. The lowest BCUT2D eigenvalue weighted by Gasteiger charge is -2.31. The maximum absolute atomic E-state index is 13.4. The van der Waals surface area contributed by atoms with E-state index in [1.807, 2.05) is 12.1 Å². The molecule has 2 aromatic rings. The van der Waals surface area contributed by atoms with Crippen LogP contribution in [-0.4, -0.2) is 35.3 Å². The molecule has 1 fully saturated rings. The quantitative estimate of drug-likeness (QED) is 0.849. The Labute approximate surface area is 155 Å². The number of rotatable bonds is 2. The lowest BCUT2D eigenvalue weighted by Crippen LogP contribution is -2.47. The number of carbonyl (C=O) groups excluding carboxylic acids is 2. The minimum Gasteiger partial charge on any atom is -0.356 e. The van der Waals surface area contributed by atoms with Crippen LogP contribution in [0.3, 0.4) is 0 Å². The molecular weight excluding hydrogens is 353 g/mol. The maximum atomic E-state index is 13.4. The number of halogens is 1. The van der Waals surface area contributed by atoms with Crippen molar-refractivity contribution in [3.63, 3.8) is 0 Å². The van der Waals surface area contributed by atoms with E-state index in [4.69, 9.17) is 0 Å². The van der Waals surface area contributed by atoms with E-state index < -0.39 is 0 Å². The van der Waals surface area contributed by atoms with Gasteiger partial charge in [0.25, 0.3) is 0 Å². The molecule has 2 heterocycles. The second-order valence-electron chi connectivity index (χ2n) is 6.76. The molecule has 0 radical (unpaired) electrons. The van der Waals surface area contributed by atoms with Crippen LogP contribution in [0, 0.1) is 11.7 Å². The number of piperidine rings is 1. The van der Waals surface area contributed by atoms with E-state index in [-0.39, 0.29) is 29.0 Å². The summed E-state index contributed by atoms with van der Waals surface area (Å²) in [6, 6.07) is 8.53. The summed E-state index contributed by atoms with van der Waals surface area (Å²) in [5, 5.41) is 8.15. The fraction of sp³-hybridized carbons (Fsp3) is 0.368. The van der Waals surface area contributed by atoms with Gasteiger partial charge in [-0.3, -0.25) is 9.59 Å². The third-order valence-corrected chi connectivity index (χ3v) is 6.11. The molecule has 2 aliphatic heterocycles. The molecule has 0 saturated carbocycles. The van der Waals surface area contributed by atoms with E-state index in [9.17, 15) is 14.0 Å². The Kier molecular flexibility index (Phi) is 4.48. The van der Waals surface area contributed by atoms with Crippen LogP contribution in [0.4, 0.5) is 10.1 Å². The molecule has 2 N–H and O–H groups in total. The predicted molar refractivity (Wildman–Crippen MR) is 100 cm³/mol. The highest BCUT2D eigenvalue weighted by atomic mass is 32.2. The molecule has 0 aromatic heterocycles. The van der Waals surface area contributed by atoms with Gasteiger partial charge >= 0.3 is 0 Å². The van der Waals surface area contributed by atoms with Gasteiger partial charge in [-0.2, -0.15) is 0 Å². The molecule has 4 rings (SSSR count). The van der Waals surface area contributed by atoms with E-state index in [1.54, 1.807) is 17.9 Å². The lowest BCUT2D eigenvalue weighted by molar-refractivity contribution is -0.133. The third kappa shape index (κ3) is 3.23. The molecule has 2 amide bonds. The van der Waals surface area contributed by atoms with E-state index >= 15 is 0 Å². The monoisotopic (exact) mass is 373 g/mol. The maximum Gasteiger partial charge on any atom is 0.227 e. The number of hydrogen-bond acceptors (Lipinski definition) is 4. The highest BCUT2D eigenvalue weighted by molar-refractivity contribution is 8.00. The van der Waals surface area contributed by atoms with Gasteiger partial charge in [0.15, 0.2) is 5.50 Å². The van der Waals surface area contributed by atoms with Crippen molar-refractivity contribution < 1.29 is 14.0 Å². The SMILES string of the molecule is CC(=O)N1CCC[C@@H](C(=O)NC2Nc3ccc4cc(F)ccc4c3S2)C1. The Bertz CT molecular complexity index is 888. The first kappa shape index (κ1) is 17.1. The largest absolute Gasteiger partial charge is 0.356 e. The summed E-state index contributed by atoms with van der Waals surface area (Å²) in [6.45, 7) is 2.75. The van der Waals surface area contributed by atoms with Gasteiger partial charge in [0.05, 0.1) is 11.6 Å². The summed E-state index contributed by atoms with van der Waals surface area (Å²) in [5.41, 5.74) is 0.675. The Balaban J connectivity index is 1.46. The smallest absolute Gasteiger partial charge is 0.227 e. The van der Waals surface area contributed by atoms with E-state index in [0.717, 1.165) is 40.7 Å². The van der Waals surface area contributed by atoms with Gasteiger partial charge in [-0.15, -0.1) is 0 Å². The van der Waals surface area contributed by atoms with Crippen molar-refractivity contribution in [1.29, 1.82) is 0 Å². The molecular formula is C19H20FN3O2S. The van der Waals surface area contributed by atoms with Crippen LogP contribution < -0.4 is 10.6 Å². The number of fused-ring (bicyclic) bond motifs is 3. The summed E-state index contributed by atoms with van der Waals surface area (Å²) in [7, 11) is 0. The van der Waals surface area contributed by atoms with Gasteiger partial charge in [-0.1, -0.05) is 23.9 Å². The first-order chi connectivity index (χ1) is 12.5. The molecule has 2 atom stereocenters. The first-order valence-corrected chi connectivity index (χ1v) is 9.60. The molecule has 0 spiro atoms. The number of benzene rings is 2. The number of nitrogens with zero attached hydrogens (tertiary/aromatic N) is 1. The van der Waals surface area contributed by atoms with Gasteiger partial charge in [-0.25, -0.2) is 4.39 Å². The summed E-state index contributed by atoms with van der Waals surface area (Å²) in [4.78, 5) is 26.9. The molecule has 0 aliphatic carbocycles. The zero-order valence-corrected chi connectivity index (χ0v) is 15.2. The average Bonchev–Trinajstić information content (AvgIpc) is 3.04. The van der Waals surface area contributed by atoms with Crippen LogP contribution in [-0.2, 0) is 9.59 Å². The van der Waals surface area contributed by atoms with Crippen LogP contribution >= 0.6 is 11.8 Å². The molecule has 0 bridgehead atoms. The van der Waals surface area contributed by atoms with E-state index in [2.05, 4.69) is 10.6 Å². The van der Waals surface area contributed by atoms with Crippen LogP contribution in [0.2, 0.25) is 0 Å². The van der Waals surface area contributed by atoms with Crippen LogP contribution in [0.5, 0.6) is 0 Å². The number of nitrogens with one attached hydrogen (secondary N) is 2. The normalized spacial score (nSPS) is 22.0. The lowest BCUT2D eigenvalue weighted by atomic mass is 9.97. The van der Waals surface area contributed by atoms with E-state index in [0.29, 0.717) is 6.54 Å². The molecule has 5 nitrogen and oxygen atoms in total. The second kappa shape index (κ2) is 6.79. The second-order valence-corrected chi connectivity index (χ2v) is 7.88. The molecule has 26 heavy (non-hydrogen) atoms. The van der Waals surface area contributed by atoms with Crippen LogP contribution in [0.1, 0.15) is 19.8 Å². The molecule has 136 valence electrons. The highest BCUT2D eigenvalue weighted by Gasteiger charge is 2.30. The van der Waals surface area contributed by atoms with E-state index in [1.165, 1.54) is 23.9 Å². The molecule has 1 saturated heterocycles. The van der Waals surface area contributed by atoms with Gasteiger partial charge in [0.2, 0.25) is 11.8 Å². The van der Waals surface area contributed by atoms with Crippen LogP contribution in [0.15, 0.2) is 35.2 Å². The third-order valence-electron chi connectivity index (χ3n) is 4.97. The number of amides is 2. The van der Waals surface area contributed by atoms with Gasteiger partial charge in [0, 0.05) is 24.9 Å². The molecule has 1 unspecified atom stereocenters. The zero-order chi connectivity index (χ0) is 18.3. The Hall–Kier alpha value is -2.28. The highest BCUT2D eigenvalue weighted by Crippen LogP contribution is 2.42. The standard InChI is InChI=1S/C19H20FN3O2S/c1-11(24)23-8-2-3-13(10-23)18(25)22-19-21-16-7-4-12-9-14(20)5-6-15(12)17(16)26-19/h4-7,9,13,19,21H,2-3,8,10H2,1H3,(H,22,25)/t13-,19?/m1/s1. The molecule has 7 heteroatoms. The van der Waals surface area contributed by atoms with Crippen molar-refractivity contribution in [2.24, 2.45) is 5.92 Å². The molecule has 2 aliphatic rings. The fourth-order valence-corrected chi connectivity index (χ4v) is 4.75. The van der Waals surface area contributed by atoms with Crippen molar-refractivity contribution in [3.05, 3.63) is 36.1 Å². The minimum atomic E-state index is -0.263. The Morgan fingerprint density at radius 3 is 2.96 bits per heavy atom. The Morgan fingerprint density at radius 1 is 1.31 bits per heavy atom. The van der Waals surface area contributed by atoms with Crippen molar-refractivity contribution >= 4 is 40.0 Å². The summed E-state index contributed by atoms with van der Waals surface area (Å²) in [6.07, 6.45) is 1.64. The summed E-state index contributed by atoms with van der Waals surface area (Å²) >= 11 is 1.52. The van der Waals surface area contributed by atoms with Crippen molar-refractivity contribution in [1.82, 2.24) is 10.2 Å². The number of anilines is 1. The number of thioether (sulfide) groups is 1. The van der Waals surface area contributed by atoms with Gasteiger partial charge < -0.3 is 15.5 Å². The summed E-state index contributed by atoms with van der Waals surface area (Å²) < 4.78 is 13.4. The average molecular weight is 373 g/mol.